The van der Waals surface area contributed by atoms with Gasteiger partial charge in [0.2, 0.25) is 0 Å². The number of rotatable bonds is 10. The fourth-order valence-electron chi connectivity index (χ4n) is 4.40. The van der Waals surface area contributed by atoms with Crippen molar-refractivity contribution in [3.63, 3.8) is 0 Å². The van der Waals surface area contributed by atoms with Gasteiger partial charge in [-0.15, -0.1) is 0 Å². The van der Waals surface area contributed by atoms with Crippen LogP contribution in [0.15, 0.2) is 53.5 Å². The van der Waals surface area contributed by atoms with E-state index in [0.29, 0.717) is 12.3 Å². The zero-order valence-corrected chi connectivity index (χ0v) is 26.2. The zero-order chi connectivity index (χ0) is 28.6. The number of hydrogen-bond donors (Lipinski definition) is 2. The molecule has 211 valence electrons. The molecule has 2 aromatic carbocycles. The third kappa shape index (κ3) is 9.30. The Morgan fingerprint density at radius 3 is 2.15 bits per heavy atom. The molecular weight excluding hydrogens is 577 g/mol. The Morgan fingerprint density at radius 1 is 1.00 bits per heavy atom. The van der Waals surface area contributed by atoms with Gasteiger partial charge in [-0.25, -0.2) is 0 Å². The molecule has 3 rings (SSSR count). The summed E-state index contributed by atoms with van der Waals surface area (Å²) in [5.74, 6) is 0.942. The first kappa shape index (κ1) is 31.1. The summed E-state index contributed by atoms with van der Waals surface area (Å²) >= 11 is 4.54. The van der Waals surface area contributed by atoms with Crippen molar-refractivity contribution in [1.29, 1.82) is 0 Å². The molecule has 1 unspecified atom stereocenters. The first-order chi connectivity index (χ1) is 18.5. The quantitative estimate of drug-likeness (QED) is 0.191. The number of benzene rings is 2. The van der Waals surface area contributed by atoms with E-state index in [0.717, 1.165) is 10.4 Å². The number of fused-ring (bicyclic) bond motifs is 3. The number of amides is 2. The number of nitrogens with zero attached hydrogens (tertiary/aromatic N) is 1. The summed E-state index contributed by atoms with van der Waals surface area (Å²) in [7, 11) is 0. The molecule has 9 heteroatoms. The molecule has 1 aliphatic carbocycles. The molecule has 1 aliphatic rings. The Kier molecular flexibility index (Phi) is 11.3. The van der Waals surface area contributed by atoms with Gasteiger partial charge < -0.3 is 0 Å². The maximum absolute atomic E-state index is 12.9. The topological polar surface area (TPSA) is 89.0 Å². The van der Waals surface area contributed by atoms with Gasteiger partial charge in [-0.3, -0.25) is 0 Å². The molecular formula is C30H40N3O4SSe. The molecule has 2 N–H and O–H groups in total. The average Bonchev–Trinajstić information content (AvgIpc) is 3.20. The molecule has 39 heavy (non-hydrogen) atoms. The molecule has 2 aromatic rings. The van der Waals surface area contributed by atoms with Crippen LogP contribution in [0.5, 0.6) is 0 Å². The van der Waals surface area contributed by atoms with Crippen molar-refractivity contribution in [3.8, 4) is 11.1 Å². The molecule has 2 amide bonds. The van der Waals surface area contributed by atoms with Gasteiger partial charge in [-0.2, -0.15) is 0 Å². The minimum atomic E-state index is -0.544. The van der Waals surface area contributed by atoms with Gasteiger partial charge in [0.15, 0.2) is 0 Å². The van der Waals surface area contributed by atoms with Crippen molar-refractivity contribution in [3.05, 3.63) is 59.7 Å². The van der Waals surface area contributed by atoms with Crippen LogP contribution in [-0.2, 0) is 9.47 Å². The van der Waals surface area contributed by atoms with E-state index in [4.69, 9.17) is 9.47 Å². The van der Waals surface area contributed by atoms with Crippen LogP contribution in [0, 0.1) is 5.92 Å². The van der Waals surface area contributed by atoms with Crippen LogP contribution in [0.4, 0.5) is 9.59 Å². The van der Waals surface area contributed by atoms with E-state index >= 15 is 0 Å². The predicted molar refractivity (Wildman–Crippen MR) is 161 cm³/mol. The van der Waals surface area contributed by atoms with Crippen molar-refractivity contribution < 1.29 is 19.1 Å². The molecule has 1 radical (unpaired) electrons. The maximum atomic E-state index is 12.9. The Morgan fingerprint density at radius 2 is 1.59 bits per heavy atom. The average molecular weight is 618 g/mol. The molecule has 0 aliphatic heterocycles. The van der Waals surface area contributed by atoms with Gasteiger partial charge in [-0.1, -0.05) is 12.1 Å². The van der Waals surface area contributed by atoms with Crippen molar-refractivity contribution in [2.75, 3.05) is 18.9 Å². The van der Waals surface area contributed by atoms with E-state index in [1.165, 1.54) is 22.3 Å². The third-order valence-electron chi connectivity index (χ3n) is 6.62. The molecule has 0 bridgehead atoms. The van der Waals surface area contributed by atoms with Gasteiger partial charge in [0.05, 0.1) is 0 Å². The molecule has 0 aromatic heterocycles. The first-order valence-electron chi connectivity index (χ1n) is 13.4. The van der Waals surface area contributed by atoms with Gasteiger partial charge in [-0.05, 0) is 0 Å². The summed E-state index contributed by atoms with van der Waals surface area (Å²) in [4.78, 5) is 29.4. The van der Waals surface area contributed by atoms with Gasteiger partial charge in [0.1, 0.15) is 0 Å². The summed E-state index contributed by atoms with van der Waals surface area (Å²) < 4.78 is 11.8. The van der Waals surface area contributed by atoms with Crippen molar-refractivity contribution >= 4 is 43.9 Å². The predicted octanol–water partition coefficient (Wildman–Crippen LogP) is 6.11. The molecule has 3 atom stereocenters. The monoisotopic (exact) mass is 618 g/mol. The SMILES string of the molecule is CCC(C)[C@@H](CSC([Se])=NC[C@H](C)NC(=O)OC(C)(C)C)NC(=O)OCC1c2ccccc2-c2ccccc21. The Bertz CT molecular complexity index is 1120. The van der Waals surface area contributed by atoms with E-state index in [1.807, 2.05) is 52.0 Å². The van der Waals surface area contributed by atoms with Gasteiger partial charge in [0.25, 0.3) is 0 Å². The van der Waals surface area contributed by atoms with Gasteiger partial charge >= 0.3 is 234 Å². The van der Waals surface area contributed by atoms with Gasteiger partial charge in [0, 0.05) is 0 Å². The van der Waals surface area contributed by atoms with E-state index in [9.17, 15) is 9.59 Å². The van der Waals surface area contributed by atoms with E-state index in [2.05, 4.69) is 69.8 Å². The summed E-state index contributed by atoms with van der Waals surface area (Å²) in [6, 6.07) is 16.4. The fourth-order valence-corrected chi connectivity index (χ4v) is 5.88. The Labute approximate surface area is 245 Å². The minimum absolute atomic E-state index is 0.0276. The zero-order valence-electron chi connectivity index (χ0n) is 23.7. The number of aliphatic imine (C=N–C) groups is 1. The number of nitrogens with one attached hydrogen (secondary N) is 2. The van der Waals surface area contributed by atoms with E-state index in [1.54, 1.807) is 11.8 Å². The van der Waals surface area contributed by atoms with Crippen LogP contribution in [0.1, 0.15) is 65.0 Å². The molecule has 7 nitrogen and oxygen atoms in total. The summed E-state index contributed by atoms with van der Waals surface area (Å²) in [5.41, 5.74) is 4.25. The number of carbonyl (C=O) groups excluding carboxylic acids is 2. The Balaban J connectivity index is 1.51. The fraction of sp³-hybridized carbons (Fsp3) is 0.500. The number of alkyl carbamates (subject to hydrolysis) is 2. The van der Waals surface area contributed by atoms with Crippen LogP contribution in [-0.4, -0.2) is 68.7 Å². The van der Waals surface area contributed by atoms with Crippen molar-refractivity contribution in [2.45, 2.75) is 71.6 Å². The van der Waals surface area contributed by atoms with Crippen LogP contribution in [0.3, 0.4) is 0 Å². The molecule has 0 saturated heterocycles. The second kappa shape index (κ2) is 14.2. The number of hydrogen-bond acceptors (Lipinski definition) is 6. The van der Waals surface area contributed by atoms with Crippen LogP contribution in [0.2, 0.25) is 0 Å². The second-order valence-corrected chi connectivity index (χ2v) is 13.3. The first-order valence-corrected chi connectivity index (χ1v) is 15.3. The molecule has 0 heterocycles. The third-order valence-corrected chi connectivity index (χ3v) is 8.54. The molecule has 0 spiro atoms. The number of ether oxygens (including phenoxy) is 2. The summed E-state index contributed by atoms with van der Waals surface area (Å²) in [5, 5.41) is 5.88. The molecule has 0 fully saturated rings. The second-order valence-electron chi connectivity index (χ2n) is 10.9. The van der Waals surface area contributed by atoms with E-state index < -0.39 is 17.8 Å². The molecule has 0 saturated carbocycles. The normalized spacial score (nSPS) is 15.5. The summed E-state index contributed by atoms with van der Waals surface area (Å²) in [6.45, 7) is 12.3. The summed E-state index contributed by atoms with van der Waals surface area (Å²) in [6.07, 6.45) is 0.0613. The van der Waals surface area contributed by atoms with Crippen LogP contribution in [0.25, 0.3) is 11.1 Å². The van der Waals surface area contributed by atoms with E-state index in [-0.39, 0.29) is 30.5 Å². The number of thioether (sulfide) groups is 1. The Hall–Kier alpha value is -2.48. The number of carbonyl (C=O) groups is 2. The van der Waals surface area contributed by atoms with Crippen molar-refractivity contribution in [1.82, 2.24) is 10.6 Å². The standard InChI is InChI=1S/C30H40N3O4SSe/c1-7-19(2)26(18-38-29(39)31-16-20(3)32-28(35)37-30(4,5)6)33-27(34)36-17-25-23-14-10-8-12-21(23)22-13-9-11-15-24(22)25/h8-15,19-20,25-26H,7,16-18H2,1-6H3,(H,32,35)(H,33,34)/t19?,20-,26+/m0/s1. The van der Waals surface area contributed by atoms with Crippen LogP contribution >= 0.6 is 11.8 Å². The van der Waals surface area contributed by atoms with Crippen molar-refractivity contribution in [2.24, 2.45) is 10.9 Å². The van der Waals surface area contributed by atoms with Crippen LogP contribution < -0.4 is 10.6 Å².